The van der Waals surface area contributed by atoms with Crippen molar-refractivity contribution in [1.29, 1.82) is 0 Å². The molecule has 2 aromatic rings. The lowest BCUT2D eigenvalue weighted by Gasteiger charge is -2.09. The van der Waals surface area contributed by atoms with Crippen molar-refractivity contribution in [2.24, 2.45) is 0 Å². The van der Waals surface area contributed by atoms with Gasteiger partial charge in [-0.2, -0.15) is 0 Å². The summed E-state index contributed by atoms with van der Waals surface area (Å²) in [4.78, 5) is 0. The molecular weight excluding hydrogens is 282 g/mol. The number of benzene rings is 1. The minimum Gasteiger partial charge on any atom is -0.313 e. The quantitative estimate of drug-likeness (QED) is 0.797. The Morgan fingerprint density at radius 2 is 2.10 bits per heavy atom. The van der Waals surface area contributed by atoms with E-state index >= 15 is 0 Å². The van der Waals surface area contributed by atoms with Crippen LogP contribution in [0.5, 0.6) is 0 Å². The van der Waals surface area contributed by atoms with Crippen LogP contribution in [0.15, 0.2) is 23.4 Å². The van der Waals surface area contributed by atoms with Gasteiger partial charge < -0.3 is 5.32 Å². The van der Waals surface area contributed by atoms with Crippen LogP contribution < -0.4 is 5.32 Å². The fourth-order valence-electron chi connectivity index (χ4n) is 2.00. The van der Waals surface area contributed by atoms with Crippen molar-refractivity contribution in [2.45, 2.75) is 51.2 Å². The third-order valence-electron chi connectivity index (χ3n) is 3.24. The van der Waals surface area contributed by atoms with Crippen LogP contribution in [0.25, 0.3) is 0 Å². The number of hydrogen-bond acceptors (Lipinski definition) is 5. The van der Waals surface area contributed by atoms with Gasteiger partial charge in [-0.25, -0.2) is 4.68 Å². The average Bonchev–Trinajstić information content (AvgIpc) is 2.87. The van der Waals surface area contributed by atoms with E-state index in [-0.39, 0.29) is 0 Å². The van der Waals surface area contributed by atoms with E-state index in [1.807, 2.05) is 4.68 Å². The van der Waals surface area contributed by atoms with E-state index in [1.54, 1.807) is 11.8 Å². The standard InChI is InChI=1S/C15H23N5S/c1-11(2)16-7-8-20-15(17-18-19-20)21-10-14-9-12(3)5-6-13(14)4/h5-6,9,11,16H,7-8,10H2,1-4H3. The second kappa shape index (κ2) is 7.56. The number of rotatable bonds is 7. The van der Waals surface area contributed by atoms with Gasteiger partial charge >= 0.3 is 0 Å². The highest BCUT2D eigenvalue weighted by Gasteiger charge is 2.08. The van der Waals surface area contributed by atoms with Crippen molar-refractivity contribution < 1.29 is 0 Å². The summed E-state index contributed by atoms with van der Waals surface area (Å²) in [5, 5.41) is 16.2. The van der Waals surface area contributed by atoms with Crippen LogP contribution in [0.3, 0.4) is 0 Å². The maximum atomic E-state index is 4.12. The van der Waals surface area contributed by atoms with Crippen LogP contribution in [0.2, 0.25) is 0 Å². The number of nitrogens with zero attached hydrogens (tertiary/aromatic N) is 4. The van der Waals surface area contributed by atoms with Crippen LogP contribution in [0, 0.1) is 13.8 Å². The number of aryl methyl sites for hydroxylation is 2. The zero-order chi connectivity index (χ0) is 15.2. The highest BCUT2D eigenvalue weighted by atomic mass is 32.2. The molecule has 0 unspecified atom stereocenters. The molecule has 1 aromatic carbocycles. The Morgan fingerprint density at radius 1 is 1.29 bits per heavy atom. The summed E-state index contributed by atoms with van der Waals surface area (Å²) in [6, 6.07) is 7.02. The van der Waals surface area contributed by atoms with Crippen molar-refractivity contribution >= 4 is 11.8 Å². The van der Waals surface area contributed by atoms with Gasteiger partial charge in [-0.1, -0.05) is 49.4 Å². The van der Waals surface area contributed by atoms with Gasteiger partial charge in [-0.3, -0.25) is 0 Å². The van der Waals surface area contributed by atoms with Crippen molar-refractivity contribution in [3.63, 3.8) is 0 Å². The molecule has 0 aliphatic rings. The fraction of sp³-hybridized carbons (Fsp3) is 0.533. The lowest BCUT2D eigenvalue weighted by Crippen LogP contribution is -2.27. The molecule has 114 valence electrons. The first kappa shape index (κ1) is 16.0. The topological polar surface area (TPSA) is 55.6 Å². The lowest BCUT2D eigenvalue weighted by molar-refractivity contribution is 0.485. The first-order valence-corrected chi connectivity index (χ1v) is 8.23. The Kier molecular flexibility index (Phi) is 5.76. The van der Waals surface area contributed by atoms with Crippen LogP contribution in [0.4, 0.5) is 0 Å². The predicted molar refractivity (Wildman–Crippen MR) is 86.4 cm³/mol. The SMILES string of the molecule is Cc1ccc(C)c(CSc2nnnn2CCNC(C)C)c1. The summed E-state index contributed by atoms with van der Waals surface area (Å²) in [6.45, 7) is 10.2. The number of aromatic nitrogens is 4. The summed E-state index contributed by atoms with van der Waals surface area (Å²) >= 11 is 1.69. The minimum absolute atomic E-state index is 0.479. The highest BCUT2D eigenvalue weighted by molar-refractivity contribution is 7.98. The summed E-state index contributed by atoms with van der Waals surface area (Å²) in [6.07, 6.45) is 0. The minimum atomic E-state index is 0.479. The fourth-order valence-corrected chi connectivity index (χ4v) is 2.96. The smallest absolute Gasteiger partial charge is 0.209 e. The maximum absolute atomic E-state index is 4.12. The second-order valence-corrected chi connectivity index (χ2v) is 6.45. The number of tetrazole rings is 1. The molecule has 0 bridgehead atoms. The molecule has 0 fully saturated rings. The van der Waals surface area contributed by atoms with Crippen LogP contribution in [-0.2, 0) is 12.3 Å². The number of thioether (sulfide) groups is 1. The molecule has 2 rings (SSSR count). The van der Waals surface area contributed by atoms with Crippen molar-refractivity contribution in [2.75, 3.05) is 6.54 Å². The van der Waals surface area contributed by atoms with Gasteiger partial charge in [-0.05, 0) is 35.4 Å². The maximum Gasteiger partial charge on any atom is 0.209 e. The summed E-state index contributed by atoms with van der Waals surface area (Å²) in [5.74, 6) is 0.894. The zero-order valence-corrected chi connectivity index (χ0v) is 13.9. The number of nitrogens with one attached hydrogen (secondary N) is 1. The van der Waals surface area contributed by atoms with E-state index in [0.29, 0.717) is 6.04 Å². The van der Waals surface area contributed by atoms with E-state index in [0.717, 1.165) is 24.0 Å². The predicted octanol–water partition coefficient (Wildman–Crippen LogP) is 2.58. The third-order valence-corrected chi connectivity index (χ3v) is 4.24. The lowest BCUT2D eigenvalue weighted by atomic mass is 10.1. The van der Waals surface area contributed by atoms with Gasteiger partial charge in [0, 0.05) is 18.3 Å². The highest BCUT2D eigenvalue weighted by Crippen LogP contribution is 2.22. The Balaban J connectivity index is 1.94. The van der Waals surface area contributed by atoms with Gasteiger partial charge in [0.2, 0.25) is 5.16 Å². The van der Waals surface area contributed by atoms with E-state index < -0.39 is 0 Å². The molecule has 0 aliphatic heterocycles. The molecule has 21 heavy (non-hydrogen) atoms. The summed E-state index contributed by atoms with van der Waals surface area (Å²) < 4.78 is 1.87. The van der Waals surface area contributed by atoms with Crippen LogP contribution >= 0.6 is 11.8 Å². The first-order valence-electron chi connectivity index (χ1n) is 7.24. The monoisotopic (exact) mass is 305 g/mol. The van der Waals surface area contributed by atoms with Gasteiger partial charge in [0.15, 0.2) is 0 Å². The second-order valence-electron chi connectivity index (χ2n) is 5.51. The van der Waals surface area contributed by atoms with Crippen molar-refractivity contribution in [1.82, 2.24) is 25.5 Å². The zero-order valence-electron chi connectivity index (χ0n) is 13.1. The third kappa shape index (κ3) is 4.82. The Labute approximate surface area is 130 Å². The van der Waals surface area contributed by atoms with Gasteiger partial charge in [0.1, 0.15) is 0 Å². The first-order chi connectivity index (χ1) is 10.1. The molecule has 6 heteroatoms. The van der Waals surface area contributed by atoms with Crippen LogP contribution in [-0.4, -0.2) is 32.8 Å². The largest absolute Gasteiger partial charge is 0.313 e. The average molecular weight is 305 g/mol. The summed E-state index contributed by atoms with van der Waals surface area (Å²) in [7, 11) is 0. The van der Waals surface area contributed by atoms with E-state index in [4.69, 9.17) is 0 Å². The van der Waals surface area contributed by atoms with E-state index in [1.165, 1.54) is 16.7 Å². The Bertz CT molecular complexity index is 579. The molecule has 0 atom stereocenters. The van der Waals surface area contributed by atoms with Gasteiger partial charge in [0.05, 0.1) is 6.54 Å². The molecule has 5 nitrogen and oxygen atoms in total. The molecule has 0 radical (unpaired) electrons. The van der Waals surface area contributed by atoms with E-state index in [9.17, 15) is 0 Å². The van der Waals surface area contributed by atoms with Crippen LogP contribution in [0.1, 0.15) is 30.5 Å². The summed E-state index contributed by atoms with van der Waals surface area (Å²) in [5.41, 5.74) is 3.94. The van der Waals surface area contributed by atoms with Crippen molar-refractivity contribution in [3.8, 4) is 0 Å². The molecule has 1 heterocycles. The molecule has 0 spiro atoms. The van der Waals surface area contributed by atoms with E-state index in [2.05, 4.69) is 66.7 Å². The normalized spacial score (nSPS) is 11.3. The molecule has 0 saturated heterocycles. The Hall–Kier alpha value is -1.40. The molecule has 0 saturated carbocycles. The molecule has 1 N–H and O–H groups in total. The van der Waals surface area contributed by atoms with Crippen molar-refractivity contribution in [3.05, 3.63) is 34.9 Å². The molecule has 1 aromatic heterocycles. The molecule has 0 amide bonds. The van der Waals surface area contributed by atoms with Gasteiger partial charge in [-0.15, -0.1) is 5.10 Å². The molecular formula is C15H23N5S. The molecule has 0 aliphatic carbocycles. The number of hydrogen-bond donors (Lipinski definition) is 1. The Morgan fingerprint density at radius 3 is 2.86 bits per heavy atom. The van der Waals surface area contributed by atoms with Gasteiger partial charge in [0.25, 0.3) is 0 Å².